The lowest BCUT2D eigenvalue weighted by Crippen LogP contribution is -2.38. The molecule has 0 aliphatic heterocycles. The van der Waals surface area contributed by atoms with Crippen molar-refractivity contribution in [2.75, 3.05) is 0 Å². The van der Waals surface area contributed by atoms with Crippen molar-refractivity contribution in [2.45, 2.75) is 169 Å². The van der Waals surface area contributed by atoms with E-state index < -0.39 is 22.2 Å². The van der Waals surface area contributed by atoms with E-state index in [4.69, 9.17) is 0 Å². The van der Waals surface area contributed by atoms with Gasteiger partial charge in [-0.1, -0.05) is 130 Å². The highest BCUT2D eigenvalue weighted by Crippen LogP contribution is 2.44. The second-order valence-electron chi connectivity index (χ2n) is 17.3. The molecule has 0 atom stereocenters. The summed E-state index contributed by atoms with van der Waals surface area (Å²) in [6.45, 7) is 9.05. The summed E-state index contributed by atoms with van der Waals surface area (Å²) >= 11 is 4.39. The molecule has 0 unspecified atom stereocenters. The number of hydrogen-bond donors (Lipinski definition) is 0. The van der Waals surface area contributed by atoms with Crippen molar-refractivity contribution in [2.24, 2.45) is 11.8 Å². The molecular weight excluding hydrogens is 877 g/mol. The molecule has 14 heteroatoms. The van der Waals surface area contributed by atoms with Gasteiger partial charge in [0.15, 0.2) is 11.1 Å². The largest absolute Gasteiger partial charge is 0.274 e. The molecule has 0 N–H and O–H groups in total. The normalized spacial score (nSPS) is 11.7. The highest BCUT2D eigenvalue weighted by molar-refractivity contribution is 7.38. The van der Waals surface area contributed by atoms with E-state index in [2.05, 4.69) is 27.7 Å². The molecule has 6 rings (SSSR count). The Kier molecular flexibility index (Phi) is 17.5. The summed E-state index contributed by atoms with van der Waals surface area (Å²) in [5.74, 6) is 0.0987. The molecule has 0 radical (unpaired) electrons. The van der Waals surface area contributed by atoms with Crippen LogP contribution in [0.3, 0.4) is 0 Å². The van der Waals surface area contributed by atoms with Crippen molar-refractivity contribution in [1.29, 1.82) is 21.0 Å². The van der Waals surface area contributed by atoms with Crippen molar-refractivity contribution in [3.63, 3.8) is 0 Å². The fraction of sp³-hybridized carbons (Fsp3) is 0.560. The first-order valence-electron chi connectivity index (χ1n) is 23.4. The maximum atomic E-state index is 15.3. The number of pyridine rings is 2. The van der Waals surface area contributed by atoms with Gasteiger partial charge in [-0.25, -0.2) is 0 Å². The minimum absolute atomic E-state index is 0.0494. The van der Waals surface area contributed by atoms with E-state index in [1.54, 1.807) is 0 Å². The molecule has 4 aromatic heterocycles. The number of fused-ring (bicyclic) bond motifs is 6. The standard InChI is InChI=1S/C50H58N6O4S4/c1-5-9-13-17-21-31(22-18-14-10-6-2)29-55-45(57)37-35-36-39(43-41(37)61-49(63-43)33(25-51)26-52)47(59)56(30-32(23-19-15-11-7-3)24-20-16-12-8-4)48(60)40(36)44-42(38(35)46(55)58)62-50(64-44)34(27-53)28-54/h31-32H,5-24,29-30H2,1-4H3. The Bertz CT molecular complexity index is 2790. The second-order valence-corrected chi connectivity index (χ2v) is 21.9. The van der Waals surface area contributed by atoms with E-state index in [-0.39, 0.29) is 68.4 Å². The van der Waals surface area contributed by atoms with Gasteiger partial charge >= 0.3 is 0 Å². The minimum atomic E-state index is -0.522. The zero-order chi connectivity index (χ0) is 45.9. The van der Waals surface area contributed by atoms with Crippen molar-refractivity contribution >= 4 is 108 Å². The third kappa shape index (κ3) is 9.92. The predicted molar refractivity (Wildman–Crippen MR) is 268 cm³/mol. The van der Waals surface area contributed by atoms with Gasteiger partial charge < -0.3 is 0 Å². The molecule has 0 saturated carbocycles. The minimum Gasteiger partial charge on any atom is -0.274 e. The van der Waals surface area contributed by atoms with E-state index in [1.807, 2.05) is 24.3 Å². The van der Waals surface area contributed by atoms with Crippen LogP contribution < -0.4 is 29.9 Å². The summed E-state index contributed by atoms with van der Waals surface area (Å²) in [5, 5.41) is 41.5. The number of unbranched alkanes of at least 4 members (excludes halogenated alkanes) is 12. The lowest BCUT2D eigenvalue weighted by Gasteiger charge is -2.21. The Labute approximate surface area is 390 Å². The molecule has 10 nitrogen and oxygen atoms in total. The third-order valence-electron chi connectivity index (χ3n) is 12.8. The number of rotatable bonds is 24. The zero-order valence-corrected chi connectivity index (χ0v) is 40.9. The second kappa shape index (κ2) is 23.0. The first kappa shape index (κ1) is 48.7. The molecule has 4 heterocycles. The molecule has 336 valence electrons. The summed E-state index contributed by atoms with van der Waals surface area (Å²) < 4.78 is 4.97. The van der Waals surface area contributed by atoms with Crippen LogP contribution in [0.1, 0.15) is 156 Å². The molecule has 2 aromatic carbocycles. The fourth-order valence-electron chi connectivity index (χ4n) is 9.38. The van der Waals surface area contributed by atoms with Crippen LogP contribution in [0, 0.1) is 57.2 Å². The van der Waals surface area contributed by atoms with Crippen LogP contribution in [0.4, 0.5) is 0 Å². The summed E-state index contributed by atoms with van der Waals surface area (Å²) in [7, 11) is 0. The van der Waals surface area contributed by atoms with Gasteiger partial charge in [0.1, 0.15) is 32.0 Å². The first-order chi connectivity index (χ1) is 31.1. The molecular formula is C50H58N6O4S4. The number of benzene rings is 2. The predicted octanol–water partition coefficient (Wildman–Crippen LogP) is 11.7. The average molecular weight is 935 g/mol. The van der Waals surface area contributed by atoms with Crippen LogP contribution in [-0.2, 0) is 13.1 Å². The molecule has 0 bridgehead atoms. The van der Waals surface area contributed by atoms with Gasteiger partial charge in [-0.3, -0.25) is 28.3 Å². The quantitative estimate of drug-likeness (QED) is 0.0426. The average Bonchev–Trinajstić information content (AvgIpc) is 3.93. The van der Waals surface area contributed by atoms with Gasteiger partial charge in [-0.2, -0.15) is 21.0 Å². The van der Waals surface area contributed by atoms with E-state index in [0.29, 0.717) is 26.5 Å². The van der Waals surface area contributed by atoms with E-state index in [1.165, 1.54) is 9.13 Å². The Morgan fingerprint density at radius 2 is 0.656 bits per heavy atom. The Morgan fingerprint density at radius 1 is 0.406 bits per heavy atom. The fourth-order valence-corrected chi connectivity index (χ4v) is 14.7. The molecule has 0 spiro atoms. The van der Waals surface area contributed by atoms with Gasteiger partial charge in [0, 0.05) is 23.9 Å². The lowest BCUT2D eigenvalue weighted by molar-refractivity contribution is 0.352. The number of nitrogens with zero attached hydrogens (tertiary/aromatic N) is 6. The van der Waals surface area contributed by atoms with E-state index >= 15 is 19.2 Å². The molecule has 6 aromatic rings. The van der Waals surface area contributed by atoms with E-state index in [9.17, 15) is 21.0 Å². The summed E-state index contributed by atoms with van der Waals surface area (Å²) in [5.41, 5.74) is -2.39. The maximum Gasteiger partial charge on any atom is 0.262 e. The highest BCUT2D eigenvalue weighted by Gasteiger charge is 2.31. The van der Waals surface area contributed by atoms with Gasteiger partial charge in [0.05, 0.1) is 40.3 Å². The van der Waals surface area contributed by atoms with Crippen LogP contribution in [-0.4, -0.2) is 9.13 Å². The Hall–Kier alpha value is -4.70. The van der Waals surface area contributed by atoms with Crippen LogP contribution in [0.5, 0.6) is 0 Å². The number of aromatic nitrogens is 2. The first-order valence-corrected chi connectivity index (χ1v) is 26.7. The summed E-state index contributed by atoms with van der Waals surface area (Å²) in [4.78, 5) is 61.1. The smallest absolute Gasteiger partial charge is 0.262 e. The third-order valence-corrected chi connectivity index (χ3v) is 18.1. The van der Waals surface area contributed by atoms with Crippen molar-refractivity contribution in [3.05, 3.63) is 49.1 Å². The highest BCUT2D eigenvalue weighted by atomic mass is 32.2. The van der Waals surface area contributed by atoms with Gasteiger partial charge in [0.2, 0.25) is 0 Å². The Balaban J connectivity index is 1.77. The maximum absolute atomic E-state index is 15.3. The SMILES string of the molecule is CCCCCCC(CCCCCC)Cn1c(=O)c2c3sc(=C(C#N)C#N)sc3c3c(=O)n(CC(CCCCCC)CCCCCC)c(=O)c4c5sc(=C(C#N)C#N)sc5c(c1=O)c2c34. The van der Waals surface area contributed by atoms with Crippen LogP contribution >= 0.6 is 45.3 Å². The molecule has 64 heavy (non-hydrogen) atoms. The number of hydrogen-bond acceptors (Lipinski definition) is 12. The van der Waals surface area contributed by atoms with Gasteiger partial charge in [-0.05, 0) is 37.5 Å². The zero-order valence-electron chi connectivity index (χ0n) is 37.7. The molecule has 0 aliphatic carbocycles. The van der Waals surface area contributed by atoms with Gasteiger partial charge in [-0.15, -0.1) is 45.3 Å². The van der Waals surface area contributed by atoms with Crippen molar-refractivity contribution in [3.8, 4) is 24.3 Å². The lowest BCUT2D eigenvalue weighted by atomic mass is 9.92. The summed E-state index contributed by atoms with van der Waals surface area (Å²) in [6.07, 6.45) is 20.3. The Morgan fingerprint density at radius 3 is 0.875 bits per heavy atom. The van der Waals surface area contributed by atoms with Crippen LogP contribution in [0.2, 0.25) is 0 Å². The van der Waals surface area contributed by atoms with Crippen molar-refractivity contribution in [1.82, 2.24) is 9.13 Å². The van der Waals surface area contributed by atoms with Gasteiger partial charge in [0.25, 0.3) is 22.2 Å². The topological polar surface area (TPSA) is 173 Å². The molecule has 0 aliphatic rings. The summed E-state index contributed by atoms with van der Waals surface area (Å²) in [6, 6.07) is 7.97. The van der Waals surface area contributed by atoms with E-state index in [0.717, 1.165) is 174 Å². The molecule has 0 saturated heterocycles. The monoisotopic (exact) mass is 934 g/mol. The van der Waals surface area contributed by atoms with Crippen molar-refractivity contribution < 1.29 is 0 Å². The number of nitriles is 4. The molecule has 0 fully saturated rings. The van der Waals surface area contributed by atoms with Crippen LogP contribution in [0.15, 0.2) is 19.2 Å². The molecule has 0 amide bonds. The van der Waals surface area contributed by atoms with Crippen LogP contribution in [0.25, 0.3) is 62.3 Å².